The van der Waals surface area contributed by atoms with Crippen LogP contribution >= 0.6 is 11.8 Å². The van der Waals surface area contributed by atoms with E-state index in [2.05, 4.69) is 31.0 Å². The quantitative estimate of drug-likeness (QED) is 0.441. The fourth-order valence-corrected chi connectivity index (χ4v) is 3.14. The van der Waals surface area contributed by atoms with E-state index in [1.165, 1.54) is 17.3 Å². The molecule has 0 fully saturated rings. The Morgan fingerprint density at radius 2 is 1.70 bits per heavy atom. The zero-order chi connectivity index (χ0) is 19.4. The Labute approximate surface area is 163 Å². The SMILES string of the molecule is COc1ccc(-c2nnc(SCC(=O)c3ccc(C(C)(C)C)cc3)o2)cc1. The maximum absolute atomic E-state index is 12.4. The fraction of sp³-hybridized carbons (Fsp3) is 0.286. The van der Waals surface area contributed by atoms with Crippen molar-refractivity contribution in [2.75, 3.05) is 12.9 Å². The van der Waals surface area contributed by atoms with Crippen molar-refractivity contribution >= 4 is 17.5 Å². The van der Waals surface area contributed by atoms with Gasteiger partial charge in [0.05, 0.1) is 12.9 Å². The van der Waals surface area contributed by atoms with Gasteiger partial charge >= 0.3 is 0 Å². The first-order chi connectivity index (χ1) is 12.9. The van der Waals surface area contributed by atoms with Gasteiger partial charge in [-0.05, 0) is 35.2 Å². The first kappa shape index (κ1) is 19.2. The predicted molar refractivity (Wildman–Crippen MR) is 106 cm³/mol. The molecular formula is C21H22N2O3S. The zero-order valence-electron chi connectivity index (χ0n) is 15.9. The molecule has 0 aliphatic heterocycles. The Balaban J connectivity index is 1.61. The molecule has 0 saturated heterocycles. The van der Waals surface area contributed by atoms with Crippen molar-refractivity contribution in [3.05, 3.63) is 59.7 Å². The number of hydrogen-bond donors (Lipinski definition) is 0. The molecule has 3 aromatic rings. The van der Waals surface area contributed by atoms with Gasteiger partial charge in [-0.3, -0.25) is 4.79 Å². The van der Waals surface area contributed by atoms with Crippen LogP contribution in [-0.4, -0.2) is 28.8 Å². The molecule has 0 saturated carbocycles. The normalized spacial score (nSPS) is 11.4. The van der Waals surface area contributed by atoms with E-state index in [-0.39, 0.29) is 17.0 Å². The average Bonchev–Trinajstić information content (AvgIpc) is 3.14. The number of benzene rings is 2. The fourth-order valence-electron chi connectivity index (χ4n) is 2.49. The molecule has 1 heterocycles. The first-order valence-corrected chi connectivity index (χ1v) is 9.60. The number of nitrogens with zero attached hydrogens (tertiary/aromatic N) is 2. The number of hydrogen-bond acceptors (Lipinski definition) is 6. The topological polar surface area (TPSA) is 65.2 Å². The molecule has 27 heavy (non-hydrogen) atoms. The van der Waals surface area contributed by atoms with Crippen molar-refractivity contribution in [3.63, 3.8) is 0 Å². The summed E-state index contributed by atoms with van der Waals surface area (Å²) in [5.41, 5.74) is 2.76. The lowest BCUT2D eigenvalue weighted by Crippen LogP contribution is -2.11. The Morgan fingerprint density at radius 1 is 1.04 bits per heavy atom. The molecule has 0 aliphatic rings. The van der Waals surface area contributed by atoms with E-state index in [0.717, 1.165) is 11.3 Å². The summed E-state index contributed by atoms with van der Waals surface area (Å²) in [6.45, 7) is 6.45. The second-order valence-electron chi connectivity index (χ2n) is 7.14. The number of aromatic nitrogens is 2. The van der Waals surface area contributed by atoms with Crippen molar-refractivity contribution in [2.45, 2.75) is 31.4 Å². The van der Waals surface area contributed by atoms with Crippen LogP contribution in [-0.2, 0) is 5.41 Å². The van der Waals surface area contributed by atoms with Crippen LogP contribution in [0.15, 0.2) is 58.2 Å². The maximum atomic E-state index is 12.4. The second-order valence-corrected chi connectivity index (χ2v) is 8.07. The highest BCUT2D eigenvalue weighted by atomic mass is 32.2. The summed E-state index contributed by atoms with van der Waals surface area (Å²) in [4.78, 5) is 12.4. The lowest BCUT2D eigenvalue weighted by atomic mass is 9.86. The number of Topliss-reactive ketones (excluding diaryl/α,β-unsaturated/α-hetero) is 1. The minimum Gasteiger partial charge on any atom is -0.497 e. The Kier molecular flexibility index (Phi) is 5.65. The molecule has 3 rings (SSSR count). The van der Waals surface area contributed by atoms with Gasteiger partial charge in [-0.1, -0.05) is 56.8 Å². The van der Waals surface area contributed by atoms with Crippen LogP contribution < -0.4 is 4.74 Å². The van der Waals surface area contributed by atoms with E-state index >= 15 is 0 Å². The molecule has 6 heteroatoms. The third-order valence-corrected chi connectivity index (χ3v) is 4.96. The number of methoxy groups -OCH3 is 1. The lowest BCUT2D eigenvalue weighted by molar-refractivity contribution is 0.102. The minimum absolute atomic E-state index is 0.0321. The number of carbonyl (C=O) groups excluding carboxylic acids is 1. The summed E-state index contributed by atoms with van der Waals surface area (Å²) < 4.78 is 10.8. The van der Waals surface area contributed by atoms with E-state index in [0.29, 0.717) is 16.7 Å². The van der Waals surface area contributed by atoms with E-state index in [1.807, 2.05) is 48.5 Å². The Hall–Kier alpha value is -2.60. The van der Waals surface area contributed by atoms with E-state index in [4.69, 9.17) is 9.15 Å². The summed E-state index contributed by atoms with van der Waals surface area (Å²) in [6.07, 6.45) is 0. The van der Waals surface area contributed by atoms with Crippen LogP contribution in [0.5, 0.6) is 5.75 Å². The molecule has 0 atom stereocenters. The van der Waals surface area contributed by atoms with Crippen LogP contribution in [0.4, 0.5) is 0 Å². The van der Waals surface area contributed by atoms with Crippen LogP contribution in [0.25, 0.3) is 11.5 Å². The molecule has 0 radical (unpaired) electrons. The molecule has 0 aliphatic carbocycles. The van der Waals surface area contributed by atoms with Crippen LogP contribution in [0.1, 0.15) is 36.7 Å². The van der Waals surface area contributed by atoms with Crippen LogP contribution in [0.2, 0.25) is 0 Å². The smallest absolute Gasteiger partial charge is 0.277 e. The zero-order valence-corrected chi connectivity index (χ0v) is 16.7. The van der Waals surface area contributed by atoms with Gasteiger partial charge in [-0.2, -0.15) is 0 Å². The summed E-state index contributed by atoms with van der Waals surface area (Å²) in [7, 11) is 1.62. The Bertz CT molecular complexity index is 910. The van der Waals surface area contributed by atoms with Gasteiger partial charge in [0.2, 0.25) is 5.89 Å². The van der Waals surface area contributed by atoms with Crippen molar-refractivity contribution in [1.29, 1.82) is 0 Å². The van der Waals surface area contributed by atoms with Gasteiger partial charge in [-0.15, -0.1) is 10.2 Å². The summed E-state index contributed by atoms with van der Waals surface area (Å²) in [6, 6.07) is 15.1. The summed E-state index contributed by atoms with van der Waals surface area (Å²) in [5.74, 6) is 1.46. The molecule has 2 aromatic carbocycles. The molecule has 0 N–H and O–H groups in total. The third kappa shape index (κ3) is 4.77. The predicted octanol–water partition coefficient (Wildman–Crippen LogP) is 5.02. The number of carbonyl (C=O) groups is 1. The molecule has 0 unspecified atom stereocenters. The highest BCUT2D eigenvalue weighted by Gasteiger charge is 2.15. The van der Waals surface area contributed by atoms with E-state index in [1.54, 1.807) is 7.11 Å². The molecule has 0 amide bonds. The highest BCUT2D eigenvalue weighted by Crippen LogP contribution is 2.26. The van der Waals surface area contributed by atoms with Crippen molar-refractivity contribution in [3.8, 4) is 17.2 Å². The number of rotatable bonds is 6. The van der Waals surface area contributed by atoms with Gasteiger partial charge in [0.15, 0.2) is 5.78 Å². The molecule has 0 bridgehead atoms. The van der Waals surface area contributed by atoms with Gasteiger partial charge in [0.25, 0.3) is 5.22 Å². The standard InChI is InChI=1S/C21H22N2O3S/c1-21(2,3)16-9-5-14(6-10-16)18(24)13-27-20-23-22-19(26-20)15-7-11-17(25-4)12-8-15/h5-12H,13H2,1-4H3. The average molecular weight is 382 g/mol. The third-order valence-electron chi connectivity index (χ3n) is 4.14. The van der Waals surface area contributed by atoms with Gasteiger partial charge in [0.1, 0.15) is 5.75 Å². The van der Waals surface area contributed by atoms with Crippen molar-refractivity contribution in [1.82, 2.24) is 10.2 Å². The minimum atomic E-state index is 0.0321. The summed E-state index contributed by atoms with van der Waals surface area (Å²) >= 11 is 1.24. The number of thioether (sulfide) groups is 1. The van der Waals surface area contributed by atoms with Crippen molar-refractivity contribution < 1.29 is 13.9 Å². The van der Waals surface area contributed by atoms with E-state index < -0.39 is 0 Å². The monoisotopic (exact) mass is 382 g/mol. The van der Waals surface area contributed by atoms with Crippen molar-refractivity contribution in [2.24, 2.45) is 0 Å². The number of ketones is 1. The first-order valence-electron chi connectivity index (χ1n) is 8.61. The summed E-state index contributed by atoms with van der Waals surface area (Å²) in [5, 5.41) is 8.43. The largest absolute Gasteiger partial charge is 0.497 e. The lowest BCUT2D eigenvalue weighted by Gasteiger charge is -2.18. The molecular weight excluding hydrogens is 360 g/mol. The number of ether oxygens (including phenoxy) is 1. The van der Waals surface area contributed by atoms with Crippen LogP contribution in [0, 0.1) is 0 Å². The Morgan fingerprint density at radius 3 is 2.30 bits per heavy atom. The molecule has 5 nitrogen and oxygen atoms in total. The highest BCUT2D eigenvalue weighted by molar-refractivity contribution is 7.99. The van der Waals surface area contributed by atoms with Crippen LogP contribution in [0.3, 0.4) is 0 Å². The van der Waals surface area contributed by atoms with Gasteiger partial charge in [0, 0.05) is 11.1 Å². The molecule has 1 aromatic heterocycles. The van der Waals surface area contributed by atoms with Gasteiger partial charge < -0.3 is 9.15 Å². The van der Waals surface area contributed by atoms with Gasteiger partial charge in [-0.25, -0.2) is 0 Å². The molecule has 140 valence electrons. The maximum Gasteiger partial charge on any atom is 0.277 e. The van der Waals surface area contributed by atoms with E-state index in [9.17, 15) is 4.79 Å². The second kappa shape index (κ2) is 7.96. The molecule has 0 spiro atoms.